The van der Waals surface area contributed by atoms with E-state index < -0.39 is 0 Å². The van der Waals surface area contributed by atoms with Gasteiger partial charge in [0, 0.05) is 13.1 Å². The molecule has 0 bridgehead atoms. The Bertz CT molecular complexity index is 541. The second kappa shape index (κ2) is 7.21. The maximum Gasteiger partial charge on any atom is 0.317 e. The number of aryl methyl sites for hydroxylation is 1. The van der Waals surface area contributed by atoms with E-state index in [0.29, 0.717) is 6.61 Å². The van der Waals surface area contributed by atoms with Gasteiger partial charge in [-0.1, -0.05) is 12.1 Å². The molecule has 2 fully saturated rings. The number of nitrogens with zero attached hydrogens (tertiary/aromatic N) is 1. The summed E-state index contributed by atoms with van der Waals surface area (Å²) in [5, 5.41) is 6.57. The molecule has 23 heavy (non-hydrogen) atoms. The summed E-state index contributed by atoms with van der Waals surface area (Å²) >= 11 is 0. The number of hydrogen-bond donors (Lipinski definition) is 2. The quantitative estimate of drug-likeness (QED) is 0.792. The van der Waals surface area contributed by atoms with Gasteiger partial charge >= 0.3 is 6.03 Å². The molecule has 0 saturated carbocycles. The van der Waals surface area contributed by atoms with Crippen molar-refractivity contribution in [2.45, 2.75) is 38.1 Å². The lowest BCUT2D eigenvalue weighted by Crippen LogP contribution is -2.51. The van der Waals surface area contributed by atoms with Gasteiger partial charge in [0.2, 0.25) is 0 Å². The first-order valence-electron chi connectivity index (χ1n) is 8.64. The number of piperidine rings is 1. The summed E-state index contributed by atoms with van der Waals surface area (Å²) in [7, 11) is 0. The smallest absolute Gasteiger partial charge is 0.317 e. The lowest BCUT2D eigenvalue weighted by atomic mass is 9.89. The number of hydrogen-bond acceptors (Lipinski definition) is 3. The predicted octanol–water partition coefficient (Wildman–Crippen LogP) is 2.30. The van der Waals surface area contributed by atoms with Crippen LogP contribution in [0.5, 0.6) is 5.75 Å². The maximum atomic E-state index is 12.1. The number of rotatable bonds is 6. The van der Waals surface area contributed by atoms with E-state index in [4.69, 9.17) is 4.74 Å². The SMILES string of the molecule is Cc1cccc(OCCCCN2CC3(CCNCC3)NC2=O)c1. The zero-order valence-electron chi connectivity index (χ0n) is 13.9. The third kappa shape index (κ3) is 4.16. The minimum Gasteiger partial charge on any atom is -0.494 e. The van der Waals surface area contributed by atoms with Gasteiger partial charge in [0.1, 0.15) is 5.75 Å². The molecule has 0 aromatic heterocycles. The zero-order chi connectivity index (χ0) is 16.1. The molecule has 2 heterocycles. The van der Waals surface area contributed by atoms with Crippen LogP contribution in [0.2, 0.25) is 0 Å². The lowest BCUT2D eigenvalue weighted by Gasteiger charge is -2.33. The molecule has 0 unspecified atom stereocenters. The highest BCUT2D eigenvalue weighted by Crippen LogP contribution is 2.25. The van der Waals surface area contributed by atoms with Crippen molar-refractivity contribution in [3.8, 4) is 5.75 Å². The van der Waals surface area contributed by atoms with Crippen molar-refractivity contribution in [1.29, 1.82) is 0 Å². The molecule has 2 aliphatic heterocycles. The van der Waals surface area contributed by atoms with E-state index in [2.05, 4.69) is 29.7 Å². The van der Waals surface area contributed by atoms with Crippen molar-refractivity contribution in [2.24, 2.45) is 0 Å². The molecule has 0 radical (unpaired) electrons. The summed E-state index contributed by atoms with van der Waals surface area (Å²) in [6.45, 7) is 6.44. The number of carbonyl (C=O) groups excluding carboxylic acids is 1. The van der Waals surface area contributed by atoms with E-state index >= 15 is 0 Å². The lowest BCUT2D eigenvalue weighted by molar-refractivity contribution is 0.213. The van der Waals surface area contributed by atoms with Gasteiger partial charge in [-0.25, -0.2) is 4.79 Å². The average Bonchev–Trinajstić information content (AvgIpc) is 2.83. The fourth-order valence-electron chi connectivity index (χ4n) is 3.45. The molecule has 2 amide bonds. The minimum atomic E-state index is 0.0143. The normalized spacial score (nSPS) is 19.9. The van der Waals surface area contributed by atoms with Crippen molar-refractivity contribution in [1.82, 2.24) is 15.5 Å². The van der Waals surface area contributed by atoms with Crippen LogP contribution >= 0.6 is 0 Å². The number of benzene rings is 1. The number of carbonyl (C=O) groups is 1. The highest BCUT2D eigenvalue weighted by atomic mass is 16.5. The maximum absolute atomic E-state index is 12.1. The number of amides is 2. The molecule has 2 N–H and O–H groups in total. The average molecular weight is 317 g/mol. The van der Waals surface area contributed by atoms with E-state index in [9.17, 15) is 4.79 Å². The first-order valence-corrected chi connectivity index (χ1v) is 8.64. The largest absolute Gasteiger partial charge is 0.494 e. The van der Waals surface area contributed by atoms with Crippen LogP contribution in [0.4, 0.5) is 4.79 Å². The number of unbranched alkanes of at least 4 members (excludes halogenated alkanes) is 1. The van der Waals surface area contributed by atoms with E-state index in [1.807, 2.05) is 17.0 Å². The van der Waals surface area contributed by atoms with Gasteiger partial charge in [-0.15, -0.1) is 0 Å². The Balaban J connectivity index is 1.37. The van der Waals surface area contributed by atoms with Gasteiger partial charge in [0.05, 0.1) is 12.1 Å². The van der Waals surface area contributed by atoms with Crippen molar-refractivity contribution in [3.63, 3.8) is 0 Å². The van der Waals surface area contributed by atoms with E-state index in [-0.39, 0.29) is 11.6 Å². The molecule has 0 atom stereocenters. The Morgan fingerprint density at radius 2 is 2.09 bits per heavy atom. The Labute approximate surface area is 138 Å². The van der Waals surface area contributed by atoms with Gasteiger partial charge in [-0.05, 0) is 63.4 Å². The molecule has 0 aliphatic carbocycles. The standard InChI is InChI=1S/C18H27N3O2/c1-15-5-4-6-16(13-15)23-12-3-2-11-21-14-18(20-17(21)22)7-9-19-10-8-18/h4-6,13,19H,2-3,7-12,14H2,1H3,(H,20,22). The second-order valence-corrected chi connectivity index (χ2v) is 6.75. The Morgan fingerprint density at radius 3 is 2.87 bits per heavy atom. The summed E-state index contributed by atoms with van der Waals surface area (Å²) in [4.78, 5) is 14.1. The molecular weight excluding hydrogens is 290 g/mol. The highest BCUT2D eigenvalue weighted by molar-refractivity contribution is 5.78. The molecule has 1 aromatic carbocycles. The van der Waals surface area contributed by atoms with E-state index in [1.54, 1.807) is 0 Å². The van der Waals surface area contributed by atoms with Crippen LogP contribution < -0.4 is 15.4 Å². The summed E-state index contributed by atoms with van der Waals surface area (Å²) in [6.07, 6.45) is 4.01. The second-order valence-electron chi connectivity index (χ2n) is 6.75. The predicted molar refractivity (Wildman–Crippen MR) is 90.8 cm³/mol. The van der Waals surface area contributed by atoms with Gasteiger partial charge in [0.25, 0.3) is 0 Å². The Kier molecular flexibility index (Phi) is 5.06. The van der Waals surface area contributed by atoms with Crippen LogP contribution in [0.25, 0.3) is 0 Å². The minimum absolute atomic E-state index is 0.0143. The molecule has 1 spiro atoms. The number of urea groups is 1. The molecular formula is C18H27N3O2. The van der Waals surface area contributed by atoms with Gasteiger partial charge in [-0.3, -0.25) is 0 Å². The summed E-state index contributed by atoms with van der Waals surface area (Å²) in [6, 6.07) is 8.22. The first kappa shape index (κ1) is 16.1. The zero-order valence-corrected chi connectivity index (χ0v) is 13.9. The number of ether oxygens (including phenoxy) is 1. The van der Waals surface area contributed by atoms with Gasteiger partial charge < -0.3 is 20.3 Å². The van der Waals surface area contributed by atoms with E-state index in [1.165, 1.54) is 5.56 Å². The molecule has 1 aromatic rings. The van der Waals surface area contributed by atoms with Crippen LogP contribution in [-0.4, -0.2) is 49.3 Å². The Morgan fingerprint density at radius 1 is 1.26 bits per heavy atom. The third-order valence-electron chi connectivity index (χ3n) is 4.79. The fourth-order valence-corrected chi connectivity index (χ4v) is 3.45. The van der Waals surface area contributed by atoms with E-state index in [0.717, 1.165) is 57.6 Å². The Hall–Kier alpha value is -1.75. The molecule has 3 rings (SSSR count). The summed E-state index contributed by atoms with van der Waals surface area (Å²) in [5.74, 6) is 0.928. The molecule has 126 valence electrons. The fraction of sp³-hybridized carbons (Fsp3) is 0.611. The van der Waals surface area contributed by atoms with Crippen LogP contribution in [-0.2, 0) is 0 Å². The highest BCUT2D eigenvalue weighted by Gasteiger charge is 2.42. The van der Waals surface area contributed by atoms with Gasteiger partial charge in [0.15, 0.2) is 0 Å². The number of nitrogens with one attached hydrogen (secondary N) is 2. The van der Waals surface area contributed by atoms with Crippen molar-refractivity contribution in [2.75, 3.05) is 32.8 Å². The summed E-state index contributed by atoms with van der Waals surface area (Å²) in [5.41, 5.74) is 1.23. The first-order chi connectivity index (χ1) is 11.2. The molecule has 2 aliphatic rings. The summed E-state index contributed by atoms with van der Waals surface area (Å²) < 4.78 is 5.76. The monoisotopic (exact) mass is 317 g/mol. The van der Waals surface area contributed by atoms with Crippen molar-refractivity contribution < 1.29 is 9.53 Å². The van der Waals surface area contributed by atoms with Crippen LogP contribution in [0.3, 0.4) is 0 Å². The van der Waals surface area contributed by atoms with Gasteiger partial charge in [-0.2, -0.15) is 0 Å². The molecule has 5 heteroatoms. The topological polar surface area (TPSA) is 53.6 Å². The molecule has 2 saturated heterocycles. The van der Waals surface area contributed by atoms with Crippen molar-refractivity contribution >= 4 is 6.03 Å². The van der Waals surface area contributed by atoms with Crippen molar-refractivity contribution in [3.05, 3.63) is 29.8 Å². The third-order valence-corrected chi connectivity index (χ3v) is 4.79. The molecule has 5 nitrogen and oxygen atoms in total. The van der Waals surface area contributed by atoms with Crippen LogP contribution in [0, 0.1) is 6.92 Å². The van der Waals surface area contributed by atoms with Crippen LogP contribution in [0.1, 0.15) is 31.2 Å². The van der Waals surface area contributed by atoms with Crippen LogP contribution in [0.15, 0.2) is 24.3 Å².